The molecule has 70 valence electrons. The van der Waals surface area contributed by atoms with Crippen molar-refractivity contribution in [2.45, 2.75) is 45.4 Å². The average molecular weight is 171 g/mol. The summed E-state index contributed by atoms with van der Waals surface area (Å²) in [5.74, 6) is 0.373. The second-order valence-electron chi connectivity index (χ2n) is 3.61. The van der Waals surface area contributed by atoms with Gasteiger partial charge in [0.2, 0.25) is 0 Å². The zero-order valence-corrected chi connectivity index (χ0v) is 7.70. The van der Waals surface area contributed by atoms with Gasteiger partial charge in [-0.1, -0.05) is 6.92 Å². The third-order valence-electron chi connectivity index (χ3n) is 2.36. The standard InChI is InChI=1S/C9H17NO2/c1-6-3-4-8(5-9(6)12)10-7(2)11/h6-7,9,11-12H,3-5H2,1-2H3/b10-8-/t6-,7?,9-/m1/s1. The van der Waals surface area contributed by atoms with Crippen LogP contribution in [-0.2, 0) is 0 Å². The van der Waals surface area contributed by atoms with E-state index in [4.69, 9.17) is 5.11 Å². The summed E-state index contributed by atoms with van der Waals surface area (Å²) in [4.78, 5) is 4.03. The Morgan fingerprint density at radius 1 is 1.58 bits per heavy atom. The fourth-order valence-corrected chi connectivity index (χ4v) is 1.51. The highest BCUT2D eigenvalue weighted by Crippen LogP contribution is 2.22. The molecular weight excluding hydrogens is 154 g/mol. The van der Waals surface area contributed by atoms with Crippen molar-refractivity contribution in [1.82, 2.24) is 0 Å². The molecule has 1 unspecified atom stereocenters. The van der Waals surface area contributed by atoms with Gasteiger partial charge < -0.3 is 10.2 Å². The molecule has 0 radical (unpaired) electrons. The fraction of sp³-hybridized carbons (Fsp3) is 0.889. The average Bonchev–Trinajstić information content (AvgIpc) is 1.96. The quantitative estimate of drug-likeness (QED) is 0.617. The third-order valence-corrected chi connectivity index (χ3v) is 2.36. The van der Waals surface area contributed by atoms with Crippen molar-refractivity contribution in [1.29, 1.82) is 0 Å². The van der Waals surface area contributed by atoms with Gasteiger partial charge in [0.15, 0.2) is 0 Å². The van der Waals surface area contributed by atoms with Crippen LogP contribution in [0.2, 0.25) is 0 Å². The van der Waals surface area contributed by atoms with Crippen molar-refractivity contribution in [2.24, 2.45) is 10.9 Å². The van der Waals surface area contributed by atoms with Gasteiger partial charge in [0.05, 0.1) is 6.10 Å². The van der Waals surface area contributed by atoms with Crippen LogP contribution in [0.3, 0.4) is 0 Å². The molecule has 0 aromatic carbocycles. The first-order chi connectivity index (χ1) is 5.59. The molecule has 12 heavy (non-hydrogen) atoms. The zero-order chi connectivity index (χ0) is 9.14. The summed E-state index contributed by atoms with van der Waals surface area (Å²) in [6, 6.07) is 0. The molecule has 0 bridgehead atoms. The van der Waals surface area contributed by atoms with Gasteiger partial charge in [0.25, 0.3) is 0 Å². The van der Waals surface area contributed by atoms with Crippen LogP contribution < -0.4 is 0 Å². The van der Waals surface area contributed by atoms with Crippen LogP contribution in [0.5, 0.6) is 0 Å². The van der Waals surface area contributed by atoms with Gasteiger partial charge in [0.1, 0.15) is 6.23 Å². The molecule has 3 nitrogen and oxygen atoms in total. The molecule has 3 heteroatoms. The van der Waals surface area contributed by atoms with E-state index in [0.29, 0.717) is 12.3 Å². The number of hydrogen-bond donors (Lipinski definition) is 2. The van der Waals surface area contributed by atoms with E-state index < -0.39 is 6.23 Å². The van der Waals surface area contributed by atoms with E-state index in [1.54, 1.807) is 6.92 Å². The van der Waals surface area contributed by atoms with Gasteiger partial charge in [-0.2, -0.15) is 0 Å². The van der Waals surface area contributed by atoms with E-state index in [-0.39, 0.29) is 6.10 Å². The maximum atomic E-state index is 9.50. The zero-order valence-electron chi connectivity index (χ0n) is 7.70. The van der Waals surface area contributed by atoms with Crippen molar-refractivity contribution in [2.75, 3.05) is 0 Å². The van der Waals surface area contributed by atoms with Gasteiger partial charge >= 0.3 is 0 Å². The van der Waals surface area contributed by atoms with Gasteiger partial charge in [0, 0.05) is 12.1 Å². The van der Waals surface area contributed by atoms with Gasteiger partial charge in [-0.3, -0.25) is 4.99 Å². The predicted octanol–water partition coefficient (Wildman–Crippen LogP) is 0.947. The summed E-state index contributed by atoms with van der Waals surface area (Å²) in [5, 5.41) is 18.5. The van der Waals surface area contributed by atoms with Crippen LogP contribution in [0.15, 0.2) is 4.99 Å². The Bertz CT molecular complexity index is 177. The normalized spacial score (nSPS) is 36.8. The van der Waals surface area contributed by atoms with Crippen molar-refractivity contribution < 1.29 is 10.2 Å². The summed E-state index contributed by atoms with van der Waals surface area (Å²) in [6.07, 6.45) is 1.64. The van der Waals surface area contributed by atoms with Crippen LogP contribution in [0.1, 0.15) is 33.1 Å². The molecule has 2 N–H and O–H groups in total. The SMILES string of the molecule is CC(O)/N=C1/CC[C@@H](C)[C@H](O)C1. The molecule has 1 saturated carbocycles. The van der Waals surface area contributed by atoms with E-state index in [1.165, 1.54) is 0 Å². The number of nitrogens with zero attached hydrogens (tertiary/aromatic N) is 1. The monoisotopic (exact) mass is 171 g/mol. The molecule has 0 aromatic heterocycles. The molecule has 1 aliphatic rings. The first-order valence-electron chi connectivity index (χ1n) is 4.51. The first-order valence-corrected chi connectivity index (χ1v) is 4.51. The van der Waals surface area contributed by atoms with Crippen LogP contribution >= 0.6 is 0 Å². The van der Waals surface area contributed by atoms with Crippen molar-refractivity contribution in [3.63, 3.8) is 0 Å². The fourth-order valence-electron chi connectivity index (χ4n) is 1.51. The van der Waals surface area contributed by atoms with Crippen LogP contribution in [0.4, 0.5) is 0 Å². The van der Waals surface area contributed by atoms with E-state index in [0.717, 1.165) is 18.6 Å². The number of hydrogen-bond acceptors (Lipinski definition) is 3. The molecular formula is C9H17NO2. The van der Waals surface area contributed by atoms with E-state index in [1.807, 2.05) is 6.92 Å². The molecule has 0 heterocycles. The molecule has 1 aliphatic carbocycles. The highest BCUT2D eigenvalue weighted by Gasteiger charge is 2.22. The predicted molar refractivity (Wildman–Crippen MR) is 48.1 cm³/mol. The van der Waals surface area contributed by atoms with Crippen molar-refractivity contribution in [3.8, 4) is 0 Å². The molecule has 0 aromatic rings. The van der Waals surface area contributed by atoms with E-state index >= 15 is 0 Å². The van der Waals surface area contributed by atoms with Gasteiger partial charge in [-0.15, -0.1) is 0 Å². The summed E-state index contributed by atoms with van der Waals surface area (Å²) < 4.78 is 0. The minimum absolute atomic E-state index is 0.267. The maximum absolute atomic E-state index is 9.50. The molecule has 0 aliphatic heterocycles. The second-order valence-corrected chi connectivity index (χ2v) is 3.61. The lowest BCUT2D eigenvalue weighted by molar-refractivity contribution is 0.110. The molecule has 3 atom stereocenters. The Kier molecular flexibility index (Phi) is 3.23. The Balaban J connectivity index is 2.50. The first kappa shape index (κ1) is 9.68. The van der Waals surface area contributed by atoms with Gasteiger partial charge in [-0.25, -0.2) is 0 Å². The Morgan fingerprint density at radius 3 is 2.75 bits per heavy atom. The highest BCUT2D eigenvalue weighted by molar-refractivity contribution is 5.85. The molecule has 0 spiro atoms. The van der Waals surface area contributed by atoms with Crippen molar-refractivity contribution >= 4 is 5.71 Å². The number of aliphatic hydroxyl groups is 2. The molecule has 1 fully saturated rings. The lowest BCUT2D eigenvalue weighted by atomic mass is 9.87. The summed E-state index contributed by atoms with van der Waals surface area (Å²) in [6.45, 7) is 3.68. The largest absolute Gasteiger partial charge is 0.392 e. The third kappa shape index (κ3) is 2.57. The van der Waals surface area contributed by atoms with Crippen LogP contribution in [-0.4, -0.2) is 28.3 Å². The van der Waals surface area contributed by atoms with Crippen molar-refractivity contribution in [3.05, 3.63) is 0 Å². The number of aliphatic hydroxyl groups excluding tert-OH is 2. The molecule has 1 rings (SSSR count). The summed E-state index contributed by atoms with van der Waals surface area (Å²) in [5.41, 5.74) is 0.954. The highest BCUT2D eigenvalue weighted by atomic mass is 16.3. The minimum Gasteiger partial charge on any atom is -0.392 e. The van der Waals surface area contributed by atoms with E-state index in [2.05, 4.69) is 4.99 Å². The molecule has 0 saturated heterocycles. The van der Waals surface area contributed by atoms with Crippen LogP contribution in [0.25, 0.3) is 0 Å². The van der Waals surface area contributed by atoms with Gasteiger partial charge in [-0.05, 0) is 25.7 Å². The summed E-state index contributed by atoms with van der Waals surface area (Å²) >= 11 is 0. The maximum Gasteiger partial charge on any atom is 0.142 e. The Hall–Kier alpha value is -0.410. The lowest BCUT2D eigenvalue weighted by Gasteiger charge is -2.25. The smallest absolute Gasteiger partial charge is 0.142 e. The molecule has 0 amide bonds. The van der Waals surface area contributed by atoms with E-state index in [9.17, 15) is 5.11 Å². The lowest BCUT2D eigenvalue weighted by Crippen LogP contribution is -2.28. The topological polar surface area (TPSA) is 52.8 Å². The Labute approximate surface area is 73.1 Å². The number of rotatable bonds is 1. The minimum atomic E-state index is -0.624. The van der Waals surface area contributed by atoms with Crippen LogP contribution in [0, 0.1) is 5.92 Å². The number of aliphatic imine (C=N–C) groups is 1. The Morgan fingerprint density at radius 2 is 2.25 bits per heavy atom. The second kappa shape index (κ2) is 4.01. The summed E-state index contributed by atoms with van der Waals surface area (Å²) in [7, 11) is 0.